The zero-order valence-corrected chi connectivity index (χ0v) is 3.05. The number of halogens is 1. The van der Waals surface area contributed by atoms with E-state index in [1.165, 1.54) is 0 Å². The van der Waals surface area contributed by atoms with Crippen molar-refractivity contribution >= 4 is 5.97 Å². The number of carboxylic acids is 1. The fraction of sp³-hybridized carbons (Fsp3) is 0. The fourth-order valence-electron chi connectivity index (χ4n) is 0. The van der Waals surface area contributed by atoms with Crippen molar-refractivity contribution in [2.75, 3.05) is 0 Å². The van der Waals surface area contributed by atoms with Gasteiger partial charge in [0.05, 0.1) is 0 Å². The first-order chi connectivity index (χ1) is 2.27. The van der Waals surface area contributed by atoms with Crippen LogP contribution < -0.4 is 0 Å². The smallest absolute Gasteiger partial charge is 0.327 e. The van der Waals surface area contributed by atoms with Crippen LogP contribution in [0.4, 0.5) is 4.70 Å². The lowest BCUT2D eigenvalue weighted by molar-refractivity contribution is -0.131. The molecule has 0 aliphatic rings. The second-order valence-corrected chi connectivity index (χ2v) is 0.542. The van der Waals surface area contributed by atoms with E-state index in [0.717, 1.165) is 6.08 Å². The lowest BCUT2D eigenvalue weighted by atomic mass is 10.7. The van der Waals surface area contributed by atoms with Gasteiger partial charge in [0.25, 0.3) is 0 Å². The molecule has 0 aliphatic heterocycles. The Morgan fingerprint density at radius 1 is 1.83 bits per heavy atom. The van der Waals surface area contributed by atoms with Gasteiger partial charge in [0.1, 0.15) is 0 Å². The summed E-state index contributed by atoms with van der Waals surface area (Å²) in [5, 5.41) is 7.60. The first-order valence-corrected chi connectivity index (χ1v) is 1.12. The molecular weight excluding hydrogens is 87.0 g/mol. The minimum atomic E-state index is -0.981. The van der Waals surface area contributed by atoms with Crippen LogP contribution in [-0.2, 0) is 4.79 Å². The molecule has 0 saturated heterocycles. The highest BCUT2D eigenvalue weighted by Gasteiger charge is 1.73. The van der Waals surface area contributed by atoms with Gasteiger partial charge in [0, 0.05) is 6.08 Å². The quantitative estimate of drug-likeness (QED) is 0.475. The lowest BCUT2D eigenvalue weighted by Gasteiger charge is -1.64. The molecule has 3 heteroatoms. The Hall–Kier alpha value is -0.860. The molecule has 0 aromatic heterocycles. The standard InChI is InChI=1S/C3H4O2.FH/c1-2-3(4)5;/h2H,1H2,(H,4,5);1H. The van der Waals surface area contributed by atoms with Crippen LogP contribution in [0.3, 0.4) is 0 Å². The summed E-state index contributed by atoms with van der Waals surface area (Å²) >= 11 is 0. The predicted octanol–water partition coefficient (Wildman–Crippen LogP) is 0.410. The lowest BCUT2D eigenvalue weighted by Crippen LogP contribution is -1.82. The van der Waals surface area contributed by atoms with Crippen LogP contribution in [0.25, 0.3) is 0 Å². The molecule has 36 valence electrons. The molecule has 0 unspecified atom stereocenters. The first-order valence-electron chi connectivity index (χ1n) is 1.12. The second kappa shape index (κ2) is 4.14. The van der Waals surface area contributed by atoms with Gasteiger partial charge in [-0.1, -0.05) is 6.58 Å². The van der Waals surface area contributed by atoms with Gasteiger partial charge in [-0.25, -0.2) is 4.79 Å². The molecule has 0 amide bonds. The molecule has 0 fully saturated rings. The number of aliphatic carboxylic acids is 1. The maximum Gasteiger partial charge on any atom is 0.327 e. The maximum absolute atomic E-state index is 9.25. The van der Waals surface area contributed by atoms with Gasteiger partial charge in [-0.15, -0.1) is 0 Å². The third-order valence-electron chi connectivity index (χ3n) is 0.175. The van der Waals surface area contributed by atoms with Gasteiger partial charge >= 0.3 is 5.97 Å². The summed E-state index contributed by atoms with van der Waals surface area (Å²) in [5.74, 6) is -0.981. The number of hydrogen-bond donors (Lipinski definition) is 1. The second-order valence-electron chi connectivity index (χ2n) is 0.542. The molecule has 0 aliphatic carbocycles. The third kappa shape index (κ3) is 11.1. The summed E-state index contributed by atoms with van der Waals surface area (Å²) in [6.45, 7) is 2.96. The molecule has 2 nitrogen and oxygen atoms in total. The van der Waals surface area contributed by atoms with E-state index >= 15 is 0 Å². The summed E-state index contributed by atoms with van der Waals surface area (Å²) in [7, 11) is 0. The van der Waals surface area contributed by atoms with Crippen molar-refractivity contribution in [1.29, 1.82) is 0 Å². The van der Waals surface area contributed by atoms with Gasteiger partial charge in [0.2, 0.25) is 0 Å². The maximum atomic E-state index is 9.25. The van der Waals surface area contributed by atoms with Crippen molar-refractivity contribution in [3.63, 3.8) is 0 Å². The minimum absolute atomic E-state index is 0. The molecule has 0 rings (SSSR count). The average Bonchev–Trinajstić information content (AvgIpc) is 1.38. The Labute approximate surface area is 34.5 Å². The molecule has 0 spiro atoms. The van der Waals surface area contributed by atoms with Gasteiger partial charge < -0.3 is 5.11 Å². The van der Waals surface area contributed by atoms with Crippen molar-refractivity contribution in [3.8, 4) is 0 Å². The Balaban J connectivity index is 0. The van der Waals surface area contributed by atoms with E-state index in [2.05, 4.69) is 6.58 Å². The largest absolute Gasteiger partial charge is 0.478 e. The van der Waals surface area contributed by atoms with Crippen LogP contribution in [-0.4, -0.2) is 11.1 Å². The number of carboxylic acid groups (broad SMARTS) is 1. The Morgan fingerprint density at radius 3 is 2.00 bits per heavy atom. The van der Waals surface area contributed by atoms with Crippen LogP contribution >= 0.6 is 0 Å². The van der Waals surface area contributed by atoms with E-state index in [0.29, 0.717) is 0 Å². The molecule has 6 heavy (non-hydrogen) atoms. The fourth-order valence-corrected chi connectivity index (χ4v) is 0. The van der Waals surface area contributed by atoms with Gasteiger partial charge in [0.15, 0.2) is 0 Å². The van der Waals surface area contributed by atoms with E-state index in [-0.39, 0.29) is 4.70 Å². The number of rotatable bonds is 1. The predicted molar refractivity (Wildman–Crippen MR) is 20.3 cm³/mol. The highest BCUT2D eigenvalue weighted by atomic mass is 19.0. The van der Waals surface area contributed by atoms with Crippen LogP contribution in [0, 0.1) is 0 Å². The van der Waals surface area contributed by atoms with E-state index in [1.807, 2.05) is 0 Å². The van der Waals surface area contributed by atoms with Gasteiger partial charge in [-0.3, -0.25) is 4.70 Å². The highest BCUT2D eigenvalue weighted by Crippen LogP contribution is 1.54. The molecule has 0 aromatic carbocycles. The van der Waals surface area contributed by atoms with Crippen molar-refractivity contribution in [2.24, 2.45) is 0 Å². The molecular formula is C3H5FO2. The van der Waals surface area contributed by atoms with Crippen LogP contribution in [0.15, 0.2) is 12.7 Å². The van der Waals surface area contributed by atoms with Crippen LogP contribution in [0.1, 0.15) is 0 Å². The summed E-state index contributed by atoms with van der Waals surface area (Å²) in [4.78, 5) is 9.25. The topological polar surface area (TPSA) is 37.3 Å². The zero-order valence-electron chi connectivity index (χ0n) is 3.05. The average molecular weight is 92.1 g/mol. The normalized spacial score (nSPS) is 5.33. The summed E-state index contributed by atoms with van der Waals surface area (Å²) in [6, 6.07) is 0. The third-order valence-corrected chi connectivity index (χ3v) is 0.175. The summed E-state index contributed by atoms with van der Waals surface area (Å²) in [6.07, 6.45) is 0.833. The molecule has 0 aromatic rings. The van der Waals surface area contributed by atoms with Gasteiger partial charge in [-0.2, -0.15) is 0 Å². The Bertz CT molecular complexity index is 59.8. The van der Waals surface area contributed by atoms with Crippen molar-refractivity contribution in [2.45, 2.75) is 0 Å². The van der Waals surface area contributed by atoms with E-state index < -0.39 is 5.97 Å². The monoisotopic (exact) mass is 92.0 g/mol. The van der Waals surface area contributed by atoms with Crippen molar-refractivity contribution in [3.05, 3.63) is 12.7 Å². The highest BCUT2D eigenvalue weighted by molar-refractivity contribution is 5.78. The van der Waals surface area contributed by atoms with Crippen LogP contribution in [0.2, 0.25) is 0 Å². The van der Waals surface area contributed by atoms with Crippen LogP contribution in [0.5, 0.6) is 0 Å². The molecule has 0 saturated carbocycles. The molecule has 0 bridgehead atoms. The van der Waals surface area contributed by atoms with Gasteiger partial charge in [-0.05, 0) is 0 Å². The zero-order chi connectivity index (χ0) is 4.28. The molecule has 0 radical (unpaired) electrons. The Kier molecular flexibility index (Phi) is 6.17. The van der Waals surface area contributed by atoms with Crippen molar-refractivity contribution < 1.29 is 14.6 Å². The summed E-state index contributed by atoms with van der Waals surface area (Å²) < 4.78 is 0. The van der Waals surface area contributed by atoms with Crippen molar-refractivity contribution in [1.82, 2.24) is 0 Å². The number of hydrogen-bond acceptors (Lipinski definition) is 1. The first kappa shape index (κ1) is 8.94. The molecule has 0 atom stereocenters. The molecule has 0 heterocycles. The number of carbonyl (C=O) groups is 1. The summed E-state index contributed by atoms with van der Waals surface area (Å²) in [5.41, 5.74) is 0. The van der Waals surface area contributed by atoms with E-state index in [4.69, 9.17) is 5.11 Å². The van der Waals surface area contributed by atoms with E-state index in [9.17, 15) is 4.79 Å². The SMILES string of the molecule is C=CC(=O)O.F. The molecule has 1 N–H and O–H groups in total. The van der Waals surface area contributed by atoms with E-state index in [1.54, 1.807) is 0 Å². The minimum Gasteiger partial charge on any atom is -0.478 e. The Morgan fingerprint density at radius 2 is 2.00 bits per heavy atom.